The fourth-order valence-electron chi connectivity index (χ4n) is 2.29. The second kappa shape index (κ2) is 4.85. The Kier molecular flexibility index (Phi) is 3.22. The Morgan fingerprint density at radius 3 is 2.73 bits per heavy atom. The van der Waals surface area contributed by atoms with Crippen molar-refractivity contribution in [1.82, 2.24) is 14.5 Å². The van der Waals surface area contributed by atoms with E-state index in [0.717, 1.165) is 0 Å². The van der Waals surface area contributed by atoms with Crippen LogP contribution < -0.4 is 5.73 Å². The highest BCUT2D eigenvalue weighted by Gasteiger charge is 2.31. The number of carbonyl (C=O) groups excluding carboxylic acids is 1. The third-order valence-electron chi connectivity index (χ3n) is 3.25. The smallest absolute Gasteiger partial charge is 0.266 e. The quantitative estimate of drug-likeness (QED) is 0.753. The van der Waals surface area contributed by atoms with E-state index < -0.39 is 15.7 Å². The molecule has 114 valence electrons. The normalized spacial score (nSPS) is 11.9. The minimum absolute atomic E-state index is 0.184. The monoisotopic (exact) mass is 338 g/mol. The highest BCUT2D eigenvalue weighted by atomic mass is 35.5. The summed E-state index contributed by atoms with van der Waals surface area (Å²) in [5.41, 5.74) is 5.57. The molecule has 0 aliphatic carbocycles. The molecule has 0 atom stereocenters. The molecule has 1 aromatic carbocycles. The van der Waals surface area contributed by atoms with E-state index in [-0.39, 0.29) is 15.7 Å². The van der Waals surface area contributed by atoms with Crippen molar-refractivity contribution in [2.45, 2.75) is 10.1 Å². The van der Waals surface area contributed by atoms with Crippen LogP contribution in [0.1, 0.15) is 10.5 Å². The van der Waals surface area contributed by atoms with Gasteiger partial charge in [-0.2, -0.15) is 0 Å². The molecule has 0 aliphatic heterocycles. The fraction of sp³-hybridized carbons (Fsp3) is 0.0769. The van der Waals surface area contributed by atoms with Gasteiger partial charge in [-0.15, -0.1) is 0 Å². The Hall–Kier alpha value is -2.32. The summed E-state index contributed by atoms with van der Waals surface area (Å²) in [6.07, 6.45) is 2.86. The topological polar surface area (TPSA) is 111 Å². The number of hydrogen-bond acceptors (Lipinski definition) is 4. The first-order chi connectivity index (χ1) is 10.3. The van der Waals surface area contributed by atoms with E-state index in [0.29, 0.717) is 15.9 Å². The van der Waals surface area contributed by atoms with Crippen LogP contribution in [-0.4, -0.2) is 28.9 Å². The molecule has 2 heterocycles. The zero-order chi connectivity index (χ0) is 16.1. The van der Waals surface area contributed by atoms with Gasteiger partial charge >= 0.3 is 0 Å². The molecule has 1 amide bonds. The van der Waals surface area contributed by atoms with Crippen molar-refractivity contribution in [2.24, 2.45) is 12.8 Å². The Morgan fingerprint density at radius 2 is 2.14 bits per heavy atom. The maximum atomic E-state index is 12.9. The van der Waals surface area contributed by atoms with E-state index >= 15 is 0 Å². The number of rotatable bonds is 3. The molecule has 0 aliphatic rings. The SMILES string of the molecule is Cn1ccnc1S(=O)(=O)c1c(C(N)=O)[nH]c2ccc(Cl)cc12. The molecule has 0 spiro atoms. The lowest BCUT2D eigenvalue weighted by atomic mass is 10.2. The summed E-state index contributed by atoms with van der Waals surface area (Å²) < 4.78 is 27.1. The van der Waals surface area contributed by atoms with E-state index in [4.69, 9.17) is 17.3 Å². The highest BCUT2D eigenvalue weighted by Crippen LogP contribution is 2.32. The number of hydrogen-bond donors (Lipinski definition) is 2. The summed E-state index contributed by atoms with van der Waals surface area (Å²) in [4.78, 5) is 18.0. The van der Waals surface area contributed by atoms with Gasteiger partial charge in [0.2, 0.25) is 15.0 Å². The van der Waals surface area contributed by atoms with Crippen LogP contribution in [0.4, 0.5) is 0 Å². The zero-order valence-electron chi connectivity index (χ0n) is 11.4. The van der Waals surface area contributed by atoms with E-state index in [1.165, 1.54) is 23.0 Å². The van der Waals surface area contributed by atoms with E-state index in [1.54, 1.807) is 19.2 Å². The molecule has 9 heteroatoms. The van der Waals surface area contributed by atoms with Crippen LogP contribution in [0.2, 0.25) is 5.02 Å². The number of nitrogens with two attached hydrogens (primary N) is 1. The number of fused-ring (bicyclic) bond motifs is 1. The van der Waals surface area contributed by atoms with Crippen molar-refractivity contribution in [3.8, 4) is 0 Å². The first kappa shape index (κ1) is 14.6. The zero-order valence-corrected chi connectivity index (χ0v) is 12.9. The number of amides is 1. The number of aryl methyl sites for hydroxylation is 1. The van der Waals surface area contributed by atoms with Gasteiger partial charge in [0.1, 0.15) is 10.6 Å². The number of H-pyrrole nitrogens is 1. The van der Waals surface area contributed by atoms with Gasteiger partial charge in [-0.05, 0) is 18.2 Å². The maximum Gasteiger partial charge on any atom is 0.266 e. The molecule has 2 aromatic heterocycles. The summed E-state index contributed by atoms with van der Waals surface area (Å²) >= 11 is 5.94. The number of benzene rings is 1. The Bertz CT molecular complexity index is 1000. The number of aromatic nitrogens is 3. The van der Waals surface area contributed by atoms with E-state index in [9.17, 15) is 13.2 Å². The van der Waals surface area contributed by atoms with Gasteiger partial charge in [0, 0.05) is 35.4 Å². The Balaban J connectivity index is 2.43. The average Bonchev–Trinajstić information content (AvgIpc) is 3.02. The molecule has 0 saturated heterocycles. The first-order valence-corrected chi connectivity index (χ1v) is 8.02. The van der Waals surface area contributed by atoms with Crippen molar-refractivity contribution in [1.29, 1.82) is 0 Å². The lowest BCUT2D eigenvalue weighted by Gasteiger charge is -2.05. The van der Waals surface area contributed by atoms with E-state index in [2.05, 4.69) is 9.97 Å². The van der Waals surface area contributed by atoms with Gasteiger partial charge in [-0.3, -0.25) is 4.79 Å². The fourth-order valence-corrected chi connectivity index (χ4v) is 4.17. The second-order valence-corrected chi connectivity index (χ2v) is 6.92. The van der Waals surface area contributed by atoms with Gasteiger partial charge < -0.3 is 15.3 Å². The van der Waals surface area contributed by atoms with Crippen LogP contribution in [-0.2, 0) is 16.9 Å². The molecule has 0 fully saturated rings. The van der Waals surface area contributed by atoms with Crippen LogP contribution in [0, 0.1) is 0 Å². The van der Waals surface area contributed by atoms with Gasteiger partial charge in [0.15, 0.2) is 0 Å². The van der Waals surface area contributed by atoms with Crippen LogP contribution in [0.5, 0.6) is 0 Å². The lowest BCUT2D eigenvalue weighted by Crippen LogP contribution is -2.17. The Morgan fingerprint density at radius 1 is 1.41 bits per heavy atom. The Labute approximate surface area is 130 Å². The number of imidazole rings is 1. The molecule has 0 unspecified atom stereocenters. The molecule has 7 nitrogen and oxygen atoms in total. The molecule has 3 aromatic rings. The predicted molar refractivity (Wildman–Crippen MR) is 80.5 cm³/mol. The molecular formula is C13H11ClN4O3S. The summed E-state index contributed by atoms with van der Waals surface area (Å²) in [6, 6.07) is 4.64. The third-order valence-corrected chi connectivity index (χ3v) is 5.32. The van der Waals surface area contributed by atoms with Gasteiger partial charge in [0.25, 0.3) is 5.91 Å². The molecule has 3 rings (SSSR count). The molecule has 0 bridgehead atoms. The number of primary amides is 1. The first-order valence-electron chi connectivity index (χ1n) is 6.16. The van der Waals surface area contributed by atoms with Gasteiger partial charge in [0.05, 0.1) is 0 Å². The van der Waals surface area contributed by atoms with Gasteiger partial charge in [-0.25, -0.2) is 13.4 Å². The van der Waals surface area contributed by atoms with Crippen LogP contribution in [0.3, 0.4) is 0 Å². The summed E-state index contributed by atoms with van der Waals surface area (Å²) in [5, 5.41) is 0.457. The number of nitrogens with one attached hydrogen (secondary N) is 1. The lowest BCUT2D eigenvalue weighted by molar-refractivity contribution is 0.0993. The van der Waals surface area contributed by atoms with Crippen molar-refractivity contribution < 1.29 is 13.2 Å². The summed E-state index contributed by atoms with van der Waals surface area (Å²) in [5.74, 6) is -0.875. The summed E-state index contributed by atoms with van der Waals surface area (Å²) in [6.45, 7) is 0. The molecular weight excluding hydrogens is 328 g/mol. The molecule has 3 N–H and O–H groups in total. The van der Waals surface area contributed by atoms with Crippen LogP contribution in [0.15, 0.2) is 40.6 Å². The van der Waals surface area contributed by atoms with Crippen molar-refractivity contribution in [3.05, 3.63) is 41.3 Å². The number of aromatic amines is 1. The second-order valence-electron chi connectivity index (χ2n) is 4.71. The highest BCUT2D eigenvalue weighted by molar-refractivity contribution is 7.91. The minimum atomic E-state index is -4.04. The standard InChI is InChI=1S/C13H11ClN4O3S/c1-18-5-4-16-13(18)22(20,21)11-8-6-7(14)2-3-9(8)17-10(11)12(15)19/h2-6,17H,1H3,(H2,15,19). The predicted octanol–water partition coefficient (Wildman–Crippen LogP) is 1.49. The van der Waals surface area contributed by atoms with E-state index in [1.807, 2.05) is 0 Å². The summed E-state index contributed by atoms with van der Waals surface area (Å²) in [7, 11) is -2.49. The number of nitrogens with zero attached hydrogens (tertiary/aromatic N) is 2. The van der Waals surface area contributed by atoms with Crippen LogP contribution >= 0.6 is 11.6 Å². The third kappa shape index (κ3) is 2.08. The van der Waals surface area contributed by atoms with Crippen molar-refractivity contribution in [3.63, 3.8) is 0 Å². The molecule has 0 saturated carbocycles. The van der Waals surface area contributed by atoms with Crippen LogP contribution in [0.25, 0.3) is 10.9 Å². The average molecular weight is 339 g/mol. The number of halogens is 1. The maximum absolute atomic E-state index is 12.9. The molecule has 22 heavy (non-hydrogen) atoms. The van der Waals surface area contributed by atoms with Crippen molar-refractivity contribution in [2.75, 3.05) is 0 Å². The van der Waals surface area contributed by atoms with Gasteiger partial charge in [-0.1, -0.05) is 11.6 Å². The number of carbonyl (C=O) groups is 1. The molecule has 0 radical (unpaired) electrons. The van der Waals surface area contributed by atoms with Crippen molar-refractivity contribution >= 4 is 38.2 Å². The number of sulfone groups is 1. The largest absolute Gasteiger partial charge is 0.364 e. The minimum Gasteiger partial charge on any atom is -0.364 e.